The van der Waals surface area contributed by atoms with E-state index in [2.05, 4.69) is 20.6 Å². The molecule has 4 N–H and O–H groups in total. The van der Waals surface area contributed by atoms with Crippen molar-refractivity contribution in [2.75, 3.05) is 11.9 Å². The van der Waals surface area contributed by atoms with E-state index in [1.54, 1.807) is 6.92 Å². The molecule has 0 unspecified atom stereocenters. The Kier molecular flexibility index (Phi) is 7.71. The minimum Gasteiger partial charge on any atom is -0.346 e. The van der Waals surface area contributed by atoms with Crippen molar-refractivity contribution in [2.24, 2.45) is 11.7 Å². The Morgan fingerprint density at radius 3 is 2.35 bits per heavy atom. The molecule has 1 aromatic rings. The maximum absolute atomic E-state index is 11.6. The van der Waals surface area contributed by atoms with Gasteiger partial charge in [-0.05, 0) is 12.8 Å². The van der Waals surface area contributed by atoms with Gasteiger partial charge in [0, 0.05) is 0 Å². The second kappa shape index (κ2) is 8.44. The summed E-state index contributed by atoms with van der Waals surface area (Å²) in [5.74, 6) is -0.0511. The number of halogens is 1. The number of nitrogens with two attached hydrogens (primary N) is 1. The molecule has 2 amide bonds. The van der Waals surface area contributed by atoms with Crippen LogP contribution >= 0.6 is 12.4 Å². The van der Waals surface area contributed by atoms with Crippen LogP contribution in [0.5, 0.6) is 0 Å². The number of anilines is 1. The Morgan fingerprint density at radius 1 is 1.30 bits per heavy atom. The van der Waals surface area contributed by atoms with Gasteiger partial charge in [0.1, 0.15) is 5.82 Å². The van der Waals surface area contributed by atoms with E-state index in [4.69, 9.17) is 5.73 Å². The van der Waals surface area contributed by atoms with Crippen molar-refractivity contribution in [3.63, 3.8) is 0 Å². The zero-order chi connectivity index (χ0) is 14.4. The van der Waals surface area contributed by atoms with Gasteiger partial charge in [-0.3, -0.25) is 9.59 Å². The summed E-state index contributed by atoms with van der Waals surface area (Å²) in [7, 11) is 0. The van der Waals surface area contributed by atoms with E-state index in [0.29, 0.717) is 11.5 Å². The SMILES string of the molecule is Cc1ncc(NC(=O)CNC(=O)[C@@H](N)C(C)C)cn1.Cl. The van der Waals surface area contributed by atoms with E-state index in [1.165, 1.54) is 12.4 Å². The molecular formula is C12H20ClN5O2. The summed E-state index contributed by atoms with van der Waals surface area (Å²) in [5, 5.41) is 5.05. The van der Waals surface area contributed by atoms with E-state index in [1.807, 2.05) is 13.8 Å². The van der Waals surface area contributed by atoms with E-state index >= 15 is 0 Å². The quantitative estimate of drug-likeness (QED) is 0.722. The predicted octanol–water partition coefficient (Wildman–Crippen LogP) is 0.245. The fraction of sp³-hybridized carbons (Fsp3) is 0.500. The van der Waals surface area contributed by atoms with Gasteiger partial charge in [0.25, 0.3) is 0 Å². The first-order chi connectivity index (χ1) is 8.90. The van der Waals surface area contributed by atoms with Gasteiger partial charge in [0.2, 0.25) is 11.8 Å². The van der Waals surface area contributed by atoms with Crippen LogP contribution in [0.25, 0.3) is 0 Å². The first-order valence-corrected chi connectivity index (χ1v) is 6.02. The number of carbonyl (C=O) groups is 2. The van der Waals surface area contributed by atoms with Crippen molar-refractivity contribution >= 4 is 29.9 Å². The average Bonchev–Trinajstić information content (AvgIpc) is 2.37. The first kappa shape index (κ1) is 18.3. The number of aryl methyl sites for hydroxylation is 1. The van der Waals surface area contributed by atoms with Crippen LogP contribution in [0.3, 0.4) is 0 Å². The molecule has 7 nitrogen and oxygen atoms in total. The first-order valence-electron chi connectivity index (χ1n) is 6.02. The molecule has 1 aromatic heterocycles. The molecule has 1 rings (SSSR count). The Labute approximate surface area is 124 Å². The van der Waals surface area contributed by atoms with Gasteiger partial charge < -0.3 is 16.4 Å². The Hall–Kier alpha value is -1.73. The average molecular weight is 302 g/mol. The largest absolute Gasteiger partial charge is 0.346 e. The van der Waals surface area contributed by atoms with E-state index in [0.717, 1.165) is 0 Å². The topological polar surface area (TPSA) is 110 Å². The summed E-state index contributed by atoms with van der Waals surface area (Å²) in [6.07, 6.45) is 3.00. The molecule has 1 atom stereocenters. The van der Waals surface area contributed by atoms with Gasteiger partial charge in [-0.1, -0.05) is 13.8 Å². The van der Waals surface area contributed by atoms with Crippen molar-refractivity contribution in [1.82, 2.24) is 15.3 Å². The summed E-state index contributed by atoms with van der Waals surface area (Å²) in [6.45, 7) is 5.30. The Balaban J connectivity index is 0.00000361. The van der Waals surface area contributed by atoms with Crippen LogP contribution in [0.2, 0.25) is 0 Å². The van der Waals surface area contributed by atoms with Crippen molar-refractivity contribution in [1.29, 1.82) is 0 Å². The highest BCUT2D eigenvalue weighted by molar-refractivity contribution is 5.95. The second-order valence-electron chi connectivity index (χ2n) is 4.55. The van der Waals surface area contributed by atoms with Crippen LogP contribution in [-0.2, 0) is 9.59 Å². The summed E-state index contributed by atoms with van der Waals surface area (Å²) >= 11 is 0. The third-order valence-corrected chi connectivity index (χ3v) is 2.51. The molecule has 8 heteroatoms. The summed E-state index contributed by atoms with van der Waals surface area (Å²) < 4.78 is 0. The molecule has 0 aliphatic heterocycles. The molecule has 0 bridgehead atoms. The molecule has 1 heterocycles. The molecule has 0 radical (unpaired) electrons. The van der Waals surface area contributed by atoms with Gasteiger partial charge in [0.15, 0.2) is 0 Å². The zero-order valence-corrected chi connectivity index (χ0v) is 12.5. The number of hydrogen-bond donors (Lipinski definition) is 3. The van der Waals surface area contributed by atoms with E-state index in [-0.39, 0.29) is 36.7 Å². The molecule has 0 aliphatic rings. The number of nitrogens with zero attached hydrogens (tertiary/aromatic N) is 2. The predicted molar refractivity (Wildman–Crippen MR) is 78.5 cm³/mol. The second-order valence-corrected chi connectivity index (χ2v) is 4.55. The Bertz CT molecular complexity index is 450. The van der Waals surface area contributed by atoms with Crippen molar-refractivity contribution in [2.45, 2.75) is 26.8 Å². The van der Waals surface area contributed by atoms with Gasteiger partial charge in [0.05, 0.1) is 30.7 Å². The van der Waals surface area contributed by atoms with E-state index in [9.17, 15) is 9.59 Å². The van der Waals surface area contributed by atoms with Crippen LogP contribution in [0.1, 0.15) is 19.7 Å². The fourth-order valence-corrected chi connectivity index (χ4v) is 1.25. The molecule has 0 fully saturated rings. The van der Waals surface area contributed by atoms with Gasteiger partial charge in [-0.2, -0.15) is 0 Å². The van der Waals surface area contributed by atoms with E-state index < -0.39 is 6.04 Å². The number of hydrogen-bond acceptors (Lipinski definition) is 5. The highest BCUT2D eigenvalue weighted by Crippen LogP contribution is 2.01. The summed E-state index contributed by atoms with van der Waals surface area (Å²) in [6, 6.07) is -0.615. The summed E-state index contributed by atoms with van der Waals surface area (Å²) in [5.41, 5.74) is 6.14. The molecular weight excluding hydrogens is 282 g/mol. The molecule has 20 heavy (non-hydrogen) atoms. The van der Waals surface area contributed by atoms with Crippen LogP contribution in [0, 0.1) is 12.8 Å². The molecule has 112 valence electrons. The maximum atomic E-state index is 11.6. The third kappa shape index (κ3) is 5.94. The minimum atomic E-state index is -0.615. The van der Waals surface area contributed by atoms with Crippen molar-refractivity contribution < 1.29 is 9.59 Å². The normalized spacial score (nSPS) is 11.4. The zero-order valence-electron chi connectivity index (χ0n) is 11.7. The molecule has 0 saturated heterocycles. The summed E-state index contributed by atoms with van der Waals surface area (Å²) in [4.78, 5) is 31.0. The van der Waals surface area contributed by atoms with Crippen molar-refractivity contribution in [3.8, 4) is 0 Å². The standard InChI is InChI=1S/C12H19N5O2.ClH/c1-7(2)11(13)12(19)16-6-10(18)17-9-4-14-8(3)15-5-9;/h4-5,7,11H,6,13H2,1-3H3,(H,16,19)(H,17,18);1H/t11-;/m0./s1. The number of nitrogens with one attached hydrogen (secondary N) is 2. The van der Waals surface area contributed by atoms with Gasteiger partial charge >= 0.3 is 0 Å². The van der Waals surface area contributed by atoms with Crippen LogP contribution in [0.15, 0.2) is 12.4 Å². The molecule has 0 saturated carbocycles. The molecule has 0 aromatic carbocycles. The minimum absolute atomic E-state index is 0. The maximum Gasteiger partial charge on any atom is 0.243 e. The van der Waals surface area contributed by atoms with Crippen molar-refractivity contribution in [3.05, 3.63) is 18.2 Å². The number of rotatable bonds is 5. The fourth-order valence-electron chi connectivity index (χ4n) is 1.25. The lowest BCUT2D eigenvalue weighted by Crippen LogP contribution is -2.46. The van der Waals surface area contributed by atoms with Crippen LogP contribution in [0.4, 0.5) is 5.69 Å². The van der Waals surface area contributed by atoms with Crippen LogP contribution in [-0.4, -0.2) is 34.4 Å². The van der Waals surface area contributed by atoms with Gasteiger partial charge in [-0.25, -0.2) is 9.97 Å². The monoisotopic (exact) mass is 301 g/mol. The lowest BCUT2D eigenvalue weighted by molar-refractivity contribution is -0.125. The molecule has 0 aliphatic carbocycles. The van der Waals surface area contributed by atoms with Crippen LogP contribution < -0.4 is 16.4 Å². The lowest BCUT2D eigenvalue weighted by atomic mass is 10.1. The highest BCUT2D eigenvalue weighted by atomic mass is 35.5. The molecule has 0 spiro atoms. The third-order valence-electron chi connectivity index (χ3n) is 2.51. The smallest absolute Gasteiger partial charge is 0.243 e. The number of carbonyl (C=O) groups excluding carboxylic acids is 2. The highest BCUT2D eigenvalue weighted by Gasteiger charge is 2.17. The van der Waals surface area contributed by atoms with Gasteiger partial charge in [-0.15, -0.1) is 12.4 Å². The number of amides is 2. The lowest BCUT2D eigenvalue weighted by Gasteiger charge is -2.15. The number of aromatic nitrogens is 2. The Morgan fingerprint density at radius 2 is 1.85 bits per heavy atom.